The lowest BCUT2D eigenvalue weighted by Gasteiger charge is -2.22. The highest BCUT2D eigenvalue weighted by Gasteiger charge is 2.20. The first-order valence-corrected chi connectivity index (χ1v) is 7.78. The molecule has 1 amide bonds. The topological polar surface area (TPSA) is 74.3 Å². The molecule has 2 aromatic rings. The van der Waals surface area contributed by atoms with Gasteiger partial charge in [-0.1, -0.05) is 12.1 Å². The summed E-state index contributed by atoms with van der Waals surface area (Å²) in [7, 11) is 1.63. The first kappa shape index (κ1) is 15.3. The predicted molar refractivity (Wildman–Crippen MR) is 88.0 cm³/mol. The van der Waals surface area contributed by atoms with Crippen molar-refractivity contribution in [2.75, 3.05) is 7.11 Å². The van der Waals surface area contributed by atoms with E-state index in [1.807, 2.05) is 28.8 Å². The fraction of sp³-hybridized carbons (Fsp3) is 0.333. The number of pyridine rings is 1. The second kappa shape index (κ2) is 6.28. The van der Waals surface area contributed by atoms with Gasteiger partial charge in [0.05, 0.1) is 7.11 Å². The Labute approximate surface area is 134 Å². The Morgan fingerprint density at radius 3 is 2.57 bits per heavy atom. The zero-order valence-electron chi connectivity index (χ0n) is 13.2. The lowest BCUT2D eigenvalue weighted by Crippen LogP contribution is -2.30. The van der Waals surface area contributed by atoms with Crippen LogP contribution in [0.2, 0.25) is 0 Å². The summed E-state index contributed by atoms with van der Waals surface area (Å²) in [6.45, 7) is 0.604. The fourth-order valence-corrected chi connectivity index (χ4v) is 3.15. The molecule has 1 aliphatic rings. The van der Waals surface area contributed by atoms with Gasteiger partial charge in [0.1, 0.15) is 11.3 Å². The van der Waals surface area contributed by atoms with Crippen molar-refractivity contribution in [1.29, 1.82) is 0 Å². The summed E-state index contributed by atoms with van der Waals surface area (Å²) < 4.78 is 7.16. The van der Waals surface area contributed by atoms with Crippen LogP contribution < -0.4 is 15.9 Å². The highest BCUT2D eigenvalue weighted by molar-refractivity contribution is 5.92. The molecule has 1 aromatic carbocycles. The van der Waals surface area contributed by atoms with E-state index in [-0.39, 0.29) is 11.0 Å². The van der Waals surface area contributed by atoms with Gasteiger partial charge in [0.25, 0.3) is 5.91 Å². The van der Waals surface area contributed by atoms with Crippen molar-refractivity contribution in [3.8, 4) is 5.75 Å². The van der Waals surface area contributed by atoms with Crippen LogP contribution in [0.4, 0.5) is 0 Å². The Balaban J connectivity index is 2.04. The minimum absolute atomic E-state index is 0.0826. The third-order valence-corrected chi connectivity index (χ3v) is 4.37. The van der Waals surface area contributed by atoms with E-state index in [0.29, 0.717) is 6.54 Å². The maximum Gasteiger partial charge on any atom is 0.254 e. The van der Waals surface area contributed by atoms with E-state index in [9.17, 15) is 9.59 Å². The highest BCUT2D eigenvalue weighted by Crippen LogP contribution is 2.21. The molecule has 0 saturated heterocycles. The molecule has 23 heavy (non-hydrogen) atoms. The van der Waals surface area contributed by atoms with Crippen molar-refractivity contribution in [3.63, 3.8) is 0 Å². The van der Waals surface area contributed by atoms with Crippen LogP contribution in [-0.4, -0.2) is 17.6 Å². The predicted octanol–water partition coefficient (Wildman–Crippen LogP) is 1.88. The zero-order valence-corrected chi connectivity index (χ0v) is 13.2. The molecule has 0 saturated carbocycles. The molecule has 5 heteroatoms. The molecular formula is C18H20N2O3. The van der Waals surface area contributed by atoms with Gasteiger partial charge < -0.3 is 15.0 Å². The van der Waals surface area contributed by atoms with Crippen LogP contribution in [0.1, 0.15) is 40.0 Å². The Bertz CT molecular complexity index is 791. The second-order valence-corrected chi connectivity index (χ2v) is 5.84. The number of aromatic nitrogens is 1. The number of rotatable bonds is 4. The summed E-state index contributed by atoms with van der Waals surface area (Å²) in [4.78, 5) is 24.0. The van der Waals surface area contributed by atoms with E-state index in [1.54, 1.807) is 13.3 Å². The number of carbonyl (C=O) groups excluding carboxylic acids is 1. The van der Waals surface area contributed by atoms with E-state index in [4.69, 9.17) is 10.5 Å². The van der Waals surface area contributed by atoms with Gasteiger partial charge in [0.2, 0.25) is 0 Å². The Kier molecular flexibility index (Phi) is 4.19. The van der Waals surface area contributed by atoms with E-state index in [0.717, 1.165) is 48.3 Å². The molecule has 0 atom stereocenters. The fourth-order valence-electron chi connectivity index (χ4n) is 3.15. The summed E-state index contributed by atoms with van der Waals surface area (Å²) in [5, 5.41) is 0. The average Bonchev–Trinajstić information content (AvgIpc) is 2.58. The number of nitrogens with two attached hydrogens (primary N) is 1. The first-order valence-electron chi connectivity index (χ1n) is 7.78. The molecule has 1 aromatic heterocycles. The van der Waals surface area contributed by atoms with Gasteiger partial charge in [-0.05, 0) is 43.4 Å². The third kappa shape index (κ3) is 2.99. The molecule has 0 aliphatic heterocycles. The van der Waals surface area contributed by atoms with Crippen LogP contribution in [0.5, 0.6) is 5.75 Å². The third-order valence-electron chi connectivity index (χ3n) is 4.37. The molecular weight excluding hydrogens is 292 g/mol. The van der Waals surface area contributed by atoms with Crippen LogP contribution in [0.3, 0.4) is 0 Å². The zero-order chi connectivity index (χ0) is 16.4. The number of hydrogen-bond donors (Lipinski definition) is 1. The summed E-state index contributed by atoms with van der Waals surface area (Å²) in [6, 6.07) is 7.77. The molecule has 2 N–H and O–H groups in total. The molecule has 0 unspecified atom stereocenters. The summed E-state index contributed by atoms with van der Waals surface area (Å²) in [6.07, 6.45) is 5.23. The highest BCUT2D eigenvalue weighted by atomic mass is 16.5. The normalized spacial score (nSPS) is 13.4. The van der Waals surface area contributed by atoms with Crippen LogP contribution in [0.25, 0.3) is 0 Å². The molecule has 1 heterocycles. The second-order valence-electron chi connectivity index (χ2n) is 5.84. The average molecular weight is 312 g/mol. The molecule has 120 valence electrons. The SMILES string of the molecule is COc1ccc(Cn2cc(C(N)=O)c(=O)c3c2CCCC3)cc1. The number of ether oxygens (including phenoxy) is 1. The maximum absolute atomic E-state index is 12.4. The number of nitrogens with zero attached hydrogens (tertiary/aromatic N) is 1. The van der Waals surface area contributed by atoms with Gasteiger partial charge in [0, 0.05) is 24.0 Å². The molecule has 5 nitrogen and oxygen atoms in total. The lowest BCUT2D eigenvalue weighted by atomic mass is 9.93. The van der Waals surface area contributed by atoms with Crippen LogP contribution in [0.15, 0.2) is 35.3 Å². The number of primary amides is 1. The number of benzene rings is 1. The maximum atomic E-state index is 12.4. The van der Waals surface area contributed by atoms with Crippen molar-refractivity contribution in [2.24, 2.45) is 5.73 Å². The number of methoxy groups -OCH3 is 1. The minimum Gasteiger partial charge on any atom is -0.497 e. The van der Waals surface area contributed by atoms with Crippen molar-refractivity contribution in [3.05, 3.63) is 63.1 Å². The van der Waals surface area contributed by atoms with Gasteiger partial charge in [-0.15, -0.1) is 0 Å². The van der Waals surface area contributed by atoms with Gasteiger partial charge in [-0.25, -0.2) is 0 Å². The van der Waals surface area contributed by atoms with Gasteiger partial charge >= 0.3 is 0 Å². The van der Waals surface area contributed by atoms with E-state index >= 15 is 0 Å². The van der Waals surface area contributed by atoms with Crippen LogP contribution in [-0.2, 0) is 19.4 Å². The largest absolute Gasteiger partial charge is 0.497 e. The van der Waals surface area contributed by atoms with Crippen molar-refractivity contribution in [1.82, 2.24) is 4.57 Å². The Morgan fingerprint density at radius 1 is 1.22 bits per heavy atom. The minimum atomic E-state index is -0.660. The summed E-state index contributed by atoms with van der Waals surface area (Å²) >= 11 is 0. The van der Waals surface area contributed by atoms with Crippen molar-refractivity contribution < 1.29 is 9.53 Å². The molecule has 0 bridgehead atoms. The van der Waals surface area contributed by atoms with Crippen LogP contribution >= 0.6 is 0 Å². The van der Waals surface area contributed by atoms with E-state index in [1.165, 1.54) is 0 Å². The van der Waals surface area contributed by atoms with Gasteiger partial charge in [-0.3, -0.25) is 9.59 Å². The number of fused-ring (bicyclic) bond motifs is 1. The summed E-state index contributed by atoms with van der Waals surface area (Å²) in [5.74, 6) is 0.139. The summed E-state index contributed by atoms with van der Waals surface area (Å²) in [5.41, 5.74) is 8.13. The Hall–Kier alpha value is -2.56. The number of amides is 1. The van der Waals surface area contributed by atoms with Crippen molar-refractivity contribution >= 4 is 5.91 Å². The first-order chi connectivity index (χ1) is 11.1. The van der Waals surface area contributed by atoms with Gasteiger partial charge in [0.15, 0.2) is 5.43 Å². The quantitative estimate of drug-likeness (QED) is 0.936. The molecule has 0 spiro atoms. The molecule has 3 rings (SSSR count). The number of carbonyl (C=O) groups is 1. The van der Waals surface area contributed by atoms with Gasteiger partial charge in [-0.2, -0.15) is 0 Å². The van der Waals surface area contributed by atoms with Crippen LogP contribution in [0, 0.1) is 0 Å². The van der Waals surface area contributed by atoms with Crippen molar-refractivity contribution in [2.45, 2.75) is 32.2 Å². The number of hydrogen-bond acceptors (Lipinski definition) is 3. The van der Waals surface area contributed by atoms with E-state index < -0.39 is 5.91 Å². The monoisotopic (exact) mass is 312 g/mol. The van der Waals surface area contributed by atoms with E-state index in [2.05, 4.69) is 0 Å². The lowest BCUT2D eigenvalue weighted by molar-refractivity contribution is 0.0998. The Morgan fingerprint density at radius 2 is 1.91 bits per heavy atom. The molecule has 0 fully saturated rings. The molecule has 0 radical (unpaired) electrons. The smallest absolute Gasteiger partial charge is 0.254 e. The standard InChI is InChI=1S/C18H20N2O3/c1-23-13-8-6-12(7-9-13)10-20-11-15(18(19)22)17(21)14-4-2-3-5-16(14)20/h6-9,11H,2-5,10H2,1H3,(H2,19,22). The molecule has 1 aliphatic carbocycles.